The number of hydrogen-bond acceptors (Lipinski definition) is 6. The fraction of sp³-hybridized carbons (Fsp3) is 0.676. The van der Waals surface area contributed by atoms with Gasteiger partial charge in [-0.3, -0.25) is 14.4 Å². The van der Waals surface area contributed by atoms with E-state index in [1.807, 2.05) is 52.0 Å². The Morgan fingerprint density at radius 2 is 1.68 bits per heavy atom. The van der Waals surface area contributed by atoms with Gasteiger partial charge in [-0.15, -0.1) is 0 Å². The molecule has 0 bridgehead atoms. The molecule has 0 spiro atoms. The first-order valence-corrected chi connectivity index (χ1v) is 14.8. The zero-order valence-corrected chi connectivity index (χ0v) is 26.1. The van der Waals surface area contributed by atoms with Gasteiger partial charge in [0.15, 0.2) is 5.78 Å². The summed E-state index contributed by atoms with van der Waals surface area (Å²) < 4.78 is 11.4. The molecule has 3 saturated carbocycles. The smallest absolute Gasteiger partial charge is 0.302 e. The van der Waals surface area contributed by atoms with E-state index in [9.17, 15) is 19.5 Å². The molecule has 0 aromatic rings. The van der Waals surface area contributed by atoms with Crippen LogP contribution >= 0.6 is 0 Å². The lowest BCUT2D eigenvalue weighted by Crippen LogP contribution is -2.60. The quantitative estimate of drug-likeness (QED) is 0.153. The van der Waals surface area contributed by atoms with Gasteiger partial charge in [0, 0.05) is 36.7 Å². The van der Waals surface area contributed by atoms with Crippen molar-refractivity contribution >= 4 is 17.7 Å². The first kappa shape index (κ1) is 32.0. The topological polar surface area (TPSA) is 89.9 Å². The molecule has 3 aliphatic rings. The minimum absolute atomic E-state index is 0.145. The number of allylic oxidation sites excluding steroid dienone is 6. The van der Waals surface area contributed by atoms with E-state index in [0.717, 1.165) is 36.0 Å². The van der Waals surface area contributed by atoms with Gasteiger partial charge in [0.2, 0.25) is 0 Å². The molecule has 6 nitrogen and oxygen atoms in total. The molecule has 0 radical (unpaired) electrons. The summed E-state index contributed by atoms with van der Waals surface area (Å²) >= 11 is 0. The Kier molecular flexibility index (Phi) is 9.76. The number of carbonyl (C=O) groups is 3. The first-order chi connectivity index (χ1) is 18.6. The summed E-state index contributed by atoms with van der Waals surface area (Å²) in [5.74, 6) is -0.146. The number of aliphatic hydroxyl groups excluding tert-OH is 1. The number of rotatable bonds is 8. The van der Waals surface area contributed by atoms with Gasteiger partial charge < -0.3 is 14.6 Å². The highest BCUT2D eigenvalue weighted by molar-refractivity contribution is 6.00. The van der Waals surface area contributed by atoms with Crippen LogP contribution in [0.5, 0.6) is 0 Å². The monoisotopic (exact) mass is 554 g/mol. The van der Waals surface area contributed by atoms with Crippen molar-refractivity contribution in [1.82, 2.24) is 0 Å². The van der Waals surface area contributed by atoms with Crippen LogP contribution in [0.2, 0.25) is 0 Å². The van der Waals surface area contributed by atoms with E-state index >= 15 is 0 Å². The second-order valence-corrected chi connectivity index (χ2v) is 13.5. The normalized spacial score (nSPS) is 36.0. The largest absolute Gasteiger partial charge is 0.465 e. The van der Waals surface area contributed by atoms with Crippen LogP contribution in [0.4, 0.5) is 0 Å². The van der Waals surface area contributed by atoms with Crippen molar-refractivity contribution < 1.29 is 29.0 Å². The Labute approximate surface area is 241 Å². The summed E-state index contributed by atoms with van der Waals surface area (Å²) in [5.41, 5.74) is 3.04. The summed E-state index contributed by atoms with van der Waals surface area (Å²) in [6.07, 6.45) is 11.4. The highest BCUT2D eigenvalue weighted by Gasteiger charge is 2.66. The van der Waals surface area contributed by atoms with Crippen molar-refractivity contribution in [3.8, 4) is 0 Å². The lowest BCUT2D eigenvalue weighted by atomic mass is 9.43. The molecular weight excluding hydrogens is 504 g/mol. The molecule has 3 fully saturated rings. The standard InChI is InChI=1S/C34H50O6/c1-21(2)13-14-26(37)22(3)11-10-12-23(4)31-27(38)19-29-32(7)18-16-30(40-25(6)36)34(9,20-39-24(5)35)28(32)15-17-33(29,31)8/h10-13,26,28-30,37H,14-20H2,1-9H3/b12-10+,22-11+,31-23+/t26?,28-,29?,30+,32+,33-,34+/m1/s1. The Morgan fingerprint density at radius 3 is 2.27 bits per heavy atom. The van der Waals surface area contributed by atoms with E-state index in [4.69, 9.17) is 9.47 Å². The average Bonchev–Trinajstić information content (AvgIpc) is 3.14. The van der Waals surface area contributed by atoms with E-state index in [-0.39, 0.29) is 53.1 Å². The average molecular weight is 555 g/mol. The molecule has 0 aromatic heterocycles. The van der Waals surface area contributed by atoms with Crippen LogP contribution < -0.4 is 0 Å². The molecule has 0 aromatic carbocycles. The van der Waals surface area contributed by atoms with Crippen molar-refractivity contribution in [2.75, 3.05) is 6.61 Å². The van der Waals surface area contributed by atoms with Gasteiger partial charge in [0.1, 0.15) is 12.7 Å². The van der Waals surface area contributed by atoms with Gasteiger partial charge in [0.25, 0.3) is 0 Å². The summed E-state index contributed by atoms with van der Waals surface area (Å²) in [4.78, 5) is 37.5. The second kappa shape index (κ2) is 12.2. The molecule has 0 aliphatic heterocycles. The molecule has 7 atom stereocenters. The summed E-state index contributed by atoms with van der Waals surface area (Å²) in [5, 5.41) is 10.4. The highest BCUT2D eigenvalue weighted by Crippen LogP contribution is 2.69. The third kappa shape index (κ3) is 6.22. The zero-order valence-electron chi connectivity index (χ0n) is 26.1. The predicted octanol–water partition coefficient (Wildman–Crippen LogP) is 6.83. The molecule has 40 heavy (non-hydrogen) atoms. The fourth-order valence-corrected chi connectivity index (χ4v) is 8.30. The van der Waals surface area contributed by atoms with E-state index in [2.05, 4.69) is 20.8 Å². The van der Waals surface area contributed by atoms with Gasteiger partial charge in [-0.2, -0.15) is 0 Å². The molecular formula is C34H50O6. The van der Waals surface area contributed by atoms with Crippen LogP contribution in [-0.2, 0) is 23.9 Å². The molecule has 1 N–H and O–H groups in total. The predicted molar refractivity (Wildman–Crippen MR) is 157 cm³/mol. The maximum atomic E-state index is 13.7. The third-order valence-corrected chi connectivity index (χ3v) is 10.3. The van der Waals surface area contributed by atoms with Crippen LogP contribution in [0, 0.1) is 28.1 Å². The van der Waals surface area contributed by atoms with Gasteiger partial charge in [-0.1, -0.05) is 50.6 Å². The number of carbonyl (C=O) groups excluding carboxylic acids is 3. The maximum absolute atomic E-state index is 13.7. The number of esters is 2. The number of ether oxygens (including phenoxy) is 2. The lowest BCUT2D eigenvalue weighted by molar-refractivity contribution is -0.203. The van der Waals surface area contributed by atoms with Crippen LogP contribution in [0.15, 0.2) is 46.6 Å². The van der Waals surface area contributed by atoms with Gasteiger partial charge >= 0.3 is 11.9 Å². The molecule has 2 unspecified atom stereocenters. The Bertz CT molecular complexity index is 1140. The lowest BCUT2D eigenvalue weighted by Gasteiger charge is -2.62. The molecule has 3 rings (SSSR count). The summed E-state index contributed by atoms with van der Waals surface area (Å²) in [6, 6.07) is 0. The van der Waals surface area contributed by atoms with Gasteiger partial charge in [-0.25, -0.2) is 0 Å². The van der Waals surface area contributed by atoms with E-state index in [0.29, 0.717) is 19.3 Å². The summed E-state index contributed by atoms with van der Waals surface area (Å²) in [7, 11) is 0. The molecule has 222 valence electrons. The zero-order chi connectivity index (χ0) is 30.0. The second-order valence-electron chi connectivity index (χ2n) is 13.5. The van der Waals surface area contributed by atoms with Crippen LogP contribution in [0.25, 0.3) is 0 Å². The highest BCUT2D eigenvalue weighted by atomic mass is 16.6. The summed E-state index contributed by atoms with van der Waals surface area (Å²) in [6.45, 7) is 17.7. The van der Waals surface area contributed by atoms with E-state index in [1.165, 1.54) is 19.4 Å². The molecule has 0 heterocycles. The van der Waals surface area contributed by atoms with Crippen LogP contribution in [-0.4, -0.2) is 41.6 Å². The van der Waals surface area contributed by atoms with Crippen molar-refractivity contribution in [2.24, 2.45) is 28.1 Å². The maximum Gasteiger partial charge on any atom is 0.302 e. The molecule has 0 saturated heterocycles. The number of fused-ring (bicyclic) bond motifs is 3. The minimum Gasteiger partial charge on any atom is -0.465 e. The number of ketones is 1. The number of Topliss-reactive ketones (excluding diaryl/α,β-unsaturated/α-hetero) is 1. The van der Waals surface area contributed by atoms with Crippen molar-refractivity contribution in [3.63, 3.8) is 0 Å². The Morgan fingerprint density at radius 1 is 1.00 bits per heavy atom. The van der Waals surface area contributed by atoms with Crippen LogP contribution in [0.1, 0.15) is 101 Å². The molecule has 0 amide bonds. The van der Waals surface area contributed by atoms with Crippen molar-refractivity contribution in [1.29, 1.82) is 0 Å². The molecule has 6 heteroatoms. The van der Waals surface area contributed by atoms with Gasteiger partial charge in [0.05, 0.1) is 6.10 Å². The fourth-order valence-electron chi connectivity index (χ4n) is 8.30. The SMILES string of the molecule is CC(=O)OC[C@]1(C)[C@@H](OC(C)=O)CC[C@]2(C)C3CC(=O)\C(=C(C)/C=C/C=C(\C)C(O)CC=C(C)C)[C@]3(C)CC[C@@H]12. The first-order valence-electron chi connectivity index (χ1n) is 14.8. The van der Waals surface area contributed by atoms with Crippen molar-refractivity contribution in [3.05, 3.63) is 46.6 Å². The Hall–Kier alpha value is -2.47. The number of aliphatic hydroxyl groups is 1. The number of hydrogen-bond donors (Lipinski definition) is 1. The van der Waals surface area contributed by atoms with Crippen LogP contribution in [0.3, 0.4) is 0 Å². The Balaban J connectivity index is 1.92. The van der Waals surface area contributed by atoms with Crippen molar-refractivity contribution in [2.45, 2.75) is 113 Å². The van der Waals surface area contributed by atoms with E-state index < -0.39 is 11.5 Å². The van der Waals surface area contributed by atoms with E-state index in [1.54, 1.807) is 0 Å². The minimum atomic E-state index is -0.527. The third-order valence-electron chi connectivity index (χ3n) is 10.3. The molecule has 3 aliphatic carbocycles. The van der Waals surface area contributed by atoms with Gasteiger partial charge in [-0.05, 0) is 88.2 Å².